The predicted molar refractivity (Wildman–Crippen MR) is 75.6 cm³/mol. The van der Waals surface area contributed by atoms with E-state index in [1.165, 1.54) is 6.07 Å². The number of rotatable bonds is 4. The first-order valence-electron chi connectivity index (χ1n) is 5.32. The van der Waals surface area contributed by atoms with E-state index in [1.807, 2.05) is 13.8 Å². The minimum Gasteiger partial charge on any atom is -0.462 e. The van der Waals surface area contributed by atoms with Crippen LogP contribution < -0.4 is 5.14 Å². The molecule has 19 heavy (non-hydrogen) atoms. The lowest BCUT2D eigenvalue weighted by molar-refractivity contribution is 0.0458. The molecule has 0 heterocycles. The molecule has 0 aliphatic heterocycles. The third-order valence-electron chi connectivity index (χ3n) is 2.08. The molecular weight excluding hydrogens is 358 g/mol. The molecule has 0 unspecified atom stereocenters. The van der Waals surface area contributed by atoms with Gasteiger partial charge in [0.05, 0.1) is 26.6 Å². The minimum absolute atomic E-state index is 0.0397. The maximum absolute atomic E-state index is 11.8. The van der Waals surface area contributed by atoms with Crippen molar-refractivity contribution in [2.45, 2.75) is 18.7 Å². The molecule has 2 N–H and O–H groups in total. The molecule has 0 saturated carbocycles. The maximum atomic E-state index is 11.8. The van der Waals surface area contributed by atoms with Crippen LogP contribution in [0, 0.1) is 5.92 Å². The number of carbonyl (C=O) groups is 1. The Morgan fingerprint density at radius 2 is 2.05 bits per heavy atom. The monoisotopic (exact) mass is 369 g/mol. The summed E-state index contributed by atoms with van der Waals surface area (Å²) in [5.74, 6) is -0.472. The van der Waals surface area contributed by atoms with Crippen LogP contribution in [0.25, 0.3) is 0 Å². The number of benzene rings is 1. The lowest BCUT2D eigenvalue weighted by Gasteiger charge is -2.10. The van der Waals surface area contributed by atoms with E-state index in [1.54, 1.807) is 0 Å². The second kappa shape index (κ2) is 6.21. The molecule has 1 rings (SSSR count). The Morgan fingerprint density at radius 3 is 2.53 bits per heavy atom. The van der Waals surface area contributed by atoms with Crippen LogP contribution in [0.15, 0.2) is 21.5 Å². The predicted octanol–water partition coefficient (Wildman–Crippen LogP) is 2.56. The Hall–Kier alpha value is -0.630. The molecular formula is C11H13BrClNO4S. The molecule has 0 saturated heterocycles. The lowest BCUT2D eigenvalue weighted by Crippen LogP contribution is -2.15. The van der Waals surface area contributed by atoms with Crippen molar-refractivity contribution in [1.29, 1.82) is 0 Å². The van der Waals surface area contributed by atoms with Gasteiger partial charge in [0, 0.05) is 0 Å². The molecule has 8 heteroatoms. The van der Waals surface area contributed by atoms with Gasteiger partial charge in [-0.05, 0) is 34.0 Å². The van der Waals surface area contributed by atoms with Crippen LogP contribution in [-0.2, 0) is 14.8 Å². The largest absolute Gasteiger partial charge is 0.462 e. The van der Waals surface area contributed by atoms with Crippen molar-refractivity contribution in [3.8, 4) is 0 Å². The summed E-state index contributed by atoms with van der Waals surface area (Å²) in [7, 11) is -3.98. The molecule has 0 fully saturated rings. The second-order valence-electron chi connectivity index (χ2n) is 4.31. The molecule has 0 radical (unpaired) electrons. The number of esters is 1. The van der Waals surface area contributed by atoms with Gasteiger partial charge in [-0.25, -0.2) is 18.4 Å². The first-order valence-corrected chi connectivity index (χ1v) is 8.03. The molecule has 5 nitrogen and oxygen atoms in total. The van der Waals surface area contributed by atoms with Gasteiger partial charge < -0.3 is 4.74 Å². The molecule has 106 valence electrons. The van der Waals surface area contributed by atoms with Crippen LogP contribution in [-0.4, -0.2) is 21.0 Å². The Morgan fingerprint density at radius 1 is 1.47 bits per heavy atom. The summed E-state index contributed by atoms with van der Waals surface area (Å²) >= 11 is 8.88. The third-order valence-corrected chi connectivity index (χ3v) is 4.66. The zero-order valence-corrected chi connectivity index (χ0v) is 13.5. The molecule has 0 spiro atoms. The first-order chi connectivity index (χ1) is 8.62. The van der Waals surface area contributed by atoms with E-state index in [-0.39, 0.29) is 32.5 Å². The Labute approximate surface area is 125 Å². The normalized spacial score (nSPS) is 11.7. The van der Waals surface area contributed by atoms with E-state index in [0.29, 0.717) is 0 Å². The van der Waals surface area contributed by atoms with E-state index in [4.69, 9.17) is 21.5 Å². The van der Waals surface area contributed by atoms with E-state index >= 15 is 0 Å². The molecule has 1 aromatic rings. The van der Waals surface area contributed by atoms with Crippen molar-refractivity contribution < 1.29 is 17.9 Å². The smallest absolute Gasteiger partial charge is 0.338 e. The van der Waals surface area contributed by atoms with E-state index in [0.717, 1.165) is 6.07 Å². The minimum atomic E-state index is -3.98. The highest BCUT2D eigenvalue weighted by atomic mass is 79.9. The van der Waals surface area contributed by atoms with Gasteiger partial charge in [-0.15, -0.1) is 0 Å². The zero-order valence-electron chi connectivity index (χ0n) is 10.3. The number of halogens is 2. The van der Waals surface area contributed by atoms with Gasteiger partial charge in [0.2, 0.25) is 10.0 Å². The second-order valence-corrected chi connectivity index (χ2v) is 7.04. The third kappa shape index (κ3) is 4.45. The van der Waals surface area contributed by atoms with Crippen LogP contribution in [0.3, 0.4) is 0 Å². The molecule has 0 aliphatic rings. The summed E-state index contributed by atoms with van der Waals surface area (Å²) in [6.07, 6.45) is 0. The average Bonchev–Trinajstić information content (AvgIpc) is 2.27. The summed E-state index contributed by atoms with van der Waals surface area (Å²) < 4.78 is 27.9. The number of ether oxygens (including phenoxy) is 1. The fourth-order valence-corrected chi connectivity index (χ4v) is 3.05. The maximum Gasteiger partial charge on any atom is 0.338 e. The van der Waals surface area contributed by atoms with Gasteiger partial charge >= 0.3 is 5.97 Å². The number of nitrogens with two attached hydrogens (primary N) is 1. The number of carbonyl (C=O) groups excluding carboxylic acids is 1. The number of sulfonamides is 1. The number of primary sulfonamides is 1. The van der Waals surface area contributed by atoms with Crippen molar-refractivity contribution >= 4 is 43.5 Å². The summed E-state index contributed by atoms with van der Waals surface area (Å²) in [6, 6.07) is 2.46. The summed E-state index contributed by atoms with van der Waals surface area (Å²) in [6.45, 7) is 4.01. The van der Waals surface area contributed by atoms with Crippen LogP contribution in [0.1, 0.15) is 24.2 Å². The highest BCUT2D eigenvalue weighted by Gasteiger charge is 2.20. The van der Waals surface area contributed by atoms with Crippen molar-refractivity contribution in [3.05, 3.63) is 27.2 Å². The molecule has 1 aromatic carbocycles. The zero-order chi connectivity index (χ0) is 14.8. The highest BCUT2D eigenvalue weighted by Crippen LogP contribution is 2.30. The molecule has 0 bridgehead atoms. The number of hydrogen-bond acceptors (Lipinski definition) is 4. The molecule has 0 aromatic heterocycles. The summed E-state index contributed by atoms with van der Waals surface area (Å²) in [5, 5.41) is 5.12. The summed E-state index contributed by atoms with van der Waals surface area (Å²) in [4.78, 5) is 11.5. The van der Waals surface area contributed by atoms with Crippen LogP contribution in [0.5, 0.6) is 0 Å². The van der Waals surface area contributed by atoms with Crippen molar-refractivity contribution in [2.24, 2.45) is 11.1 Å². The van der Waals surface area contributed by atoms with Gasteiger partial charge in [0.1, 0.15) is 0 Å². The van der Waals surface area contributed by atoms with Crippen LogP contribution in [0.4, 0.5) is 0 Å². The number of hydrogen-bond donors (Lipinski definition) is 1. The Bertz CT molecular complexity index is 601. The Balaban J connectivity index is 3.18. The molecule has 0 atom stereocenters. The van der Waals surface area contributed by atoms with Crippen LogP contribution >= 0.6 is 27.5 Å². The first kappa shape index (κ1) is 16.4. The molecule has 0 amide bonds. The van der Waals surface area contributed by atoms with Crippen LogP contribution in [0.2, 0.25) is 5.02 Å². The SMILES string of the molecule is CC(C)COC(=O)c1cc(Cl)c(Br)c(S(N)(=O)=O)c1. The van der Waals surface area contributed by atoms with E-state index in [9.17, 15) is 13.2 Å². The fraction of sp³-hybridized carbons (Fsp3) is 0.364. The quantitative estimate of drug-likeness (QED) is 0.825. The van der Waals surface area contributed by atoms with E-state index in [2.05, 4.69) is 15.9 Å². The fourth-order valence-electron chi connectivity index (χ4n) is 1.21. The summed E-state index contributed by atoms with van der Waals surface area (Å²) in [5.41, 5.74) is 0.0397. The average molecular weight is 371 g/mol. The van der Waals surface area contributed by atoms with E-state index < -0.39 is 16.0 Å². The van der Waals surface area contributed by atoms with Gasteiger partial charge in [-0.1, -0.05) is 25.4 Å². The lowest BCUT2D eigenvalue weighted by atomic mass is 10.2. The Kier molecular flexibility index (Phi) is 5.37. The topological polar surface area (TPSA) is 86.5 Å². The molecule has 0 aliphatic carbocycles. The van der Waals surface area contributed by atoms with Gasteiger partial charge in [0.25, 0.3) is 0 Å². The van der Waals surface area contributed by atoms with Gasteiger partial charge in [0.15, 0.2) is 0 Å². The van der Waals surface area contributed by atoms with Gasteiger partial charge in [-0.2, -0.15) is 0 Å². The van der Waals surface area contributed by atoms with Crippen molar-refractivity contribution in [2.75, 3.05) is 6.61 Å². The highest BCUT2D eigenvalue weighted by molar-refractivity contribution is 9.10. The van der Waals surface area contributed by atoms with Gasteiger partial charge in [-0.3, -0.25) is 0 Å². The standard InChI is InChI=1S/C11H13BrClNO4S/c1-6(2)5-18-11(15)7-3-8(13)10(12)9(4-7)19(14,16)17/h3-4,6H,5H2,1-2H3,(H2,14,16,17). The van der Waals surface area contributed by atoms with Crippen molar-refractivity contribution in [1.82, 2.24) is 0 Å². The van der Waals surface area contributed by atoms with Crippen molar-refractivity contribution in [3.63, 3.8) is 0 Å².